The van der Waals surface area contributed by atoms with E-state index in [1.165, 1.54) is 5.39 Å². The molecule has 1 aromatic heterocycles. The van der Waals surface area contributed by atoms with Crippen LogP contribution in [0.2, 0.25) is 0 Å². The molecule has 0 aliphatic carbocycles. The first kappa shape index (κ1) is 12.6. The molecule has 0 unspecified atom stereocenters. The fourth-order valence-electron chi connectivity index (χ4n) is 1.82. The van der Waals surface area contributed by atoms with Gasteiger partial charge in [-0.05, 0) is 36.4 Å². The number of nitrogens with zero attached hydrogens (tertiary/aromatic N) is 1. The van der Waals surface area contributed by atoms with Gasteiger partial charge in [-0.3, -0.25) is 10.4 Å². The van der Waals surface area contributed by atoms with Crippen LogP contribution in [0.1, 0.15) is 0 Å². The Morgan fingerprint density at radius 3 is 3.10 bits per heavy atom. The Labute approximate surface area is 121 Å². The van der Waals surface area contributed by atoms with Crippen molar-refractivity contribution in [3.05, 3.63) is 66.1 Å². The van der Waals surface area contributed by atoms with Crippen LogP contribution in [0, 0.1) is 0 Å². The second kappa shape index (κ2) is 5.71. The van der Waals surface area contributed by atoms with Gasteiger partial charge in [-0.1, -0.05) is 18.3 Å². The number of H-pyrrole nitrogens is 1. The first-order valence-electron chi connectivity index (χ1n) is 6.18. The van der Waals surface area contributed by atoms with E-state index >= 15 is 0 Å². The van der Waals surface area contributed by atoms with Crippen LogP contribution in [0.4, 0.5) is 0 Å². The lowest BCUT2D eigenvalue weighted by Gasteiger charge is -2.09. The summed E-state index contributed by atoms with van der Waals surface area (Å²) >= 11 is 1.63. The third-order valence-electron chi connectivity index (χ3n) is 2.77. The summed E-state index contributed by atoms with van der Waals surface area (Å²) in [6.07, 6.45) is 9.17. The molecule has 0 spiro atoms. The average molecular weight is 282 g/mol. The van der Waals surface area contributed by atoms with Gasteiger partial charge < -0.3 is 10.4 Å². The van der Waals surface area contributed by atoms with Crippen molar-refractivity contribution in [3.63, 3.8) is 0 Å². The molecule has 1 aliphatic rings. The maximum Gasteiger partial charge on any atom is 0.0932 e. The maximum atomic E-state index is 4.20. The molecule has 5 heteroatoms. The van der Waals surface area contributed by atoms with Crippen LogP contribution in [0.15, 0.2) is 76.0 Å². The van der Waals surface area contributed by atoms with E-state index in [0.717, 1.165) is 15.4 Å². The lowest BCUT2D eigenvalue weighted by molar-refractivity contribution is 0.766. The number of benzene rings is 1. The largest absolute Gasteiger partial charge is 0.361 e. The summed E-state index contributed by atoms with van der Waals surface area (Å²) in [5, 5.41) is 2.16. The van der Waals surface area contributed by atoms with Crippen molar-refractivity contribution in [2.45, 2.75) is 4.90 Å². The van der Waals surface area contributed by atoms with Crippen molar-refractivity contribution >= 4 is 28.9 Å². The number of rotatable bonds is 2. The van der Waals surface area contributed by atoms with E-state index in [0.29, 0.717) is 5.70 Å². The van der Waals surface area contributed by atoms with Gasteiger partial charge in [-0.25, -0.2) is 0 Å². The van der Waals surface area contributed by atoms with Crippen LogP contribution in [-0.4, -0.2) is 11.2 Å². The first-order valence-corrected chi connectivity index (χ1v) is 6.99. The summed E-state index contributed by atoms with van der Waals surface area (Å²) in [4.78, 5) is 8.55. The topological polar surface area (TPSA) is 52.2 Å². The Kier molecular flexibility index (Phi) is 3.60. The predicted molar refractivity (Wildman–Crippen MR) is 85.3 cm³/mol. The van der Waals surface area contributed by atoms with Crippen molar-refractivity contribution in [2.75, 3.05) is 0 Å². The third-order valence-corrected chi connectivity index (χ3v) is 3.72. The molecule has 0 saturated carbocycles. The summed E-state index contributed by atoms with van der Waals surface area (Å²) in [6, 6.07) is 8.38. The van der Waals surface area contributed by atoms with Gasteiger partial charge in [0.25, 0.3) is 0 Å². The molecule has 1 aromatic carbocycles. The van der Waals surface area contributed by atoms with E-state index in [1.54, 1.807) is 30.3 Å². The number of aromatic amines is 1. The minimum absolute atomic E-state index is 0.704. The van der Waals surface area contributed by atoms with Crippen LogP contribution in [0.3, 0.4) is 0 Å². The van der Waals surface area contributed by atoms with Gasteiger partial charge in [0.1, 0.15) is 0 Å². The van der Waals surface area contributed by atoms with Gasteiger partial charge in [0.05, 0.1) is 10.7 Å². The van der Waals surface area contributed by atoms with Crippen molar-refractivity contribution in [1.82, 2.24) is 15.8 Å². The van der Waals surface area contributed by atoms with E-state index in [1.807, 2.05) is 12.3 Å². The van der Waals surface area contributed by atoms with Crippen LogP contribution >= 0.6 is 11.8 Å². The number of hydrazine groups is 1. The van der Waals surface area contributed by atoms with Gasteiger partial charge in [0.15, 0.2) is 0 Å². The Bertz CT molecular complexity index is 724. The number of allylic oxidation sites excluding steroid dienone is 2. The fourth-order valence-corrected chi connectivity index (χ4v) is 2.63. The Balaban J connectivity index is 1.81. The van der Waals surface area contributed by atoms with E-state index in [9.17, 15) is 0 Å². The number of thioether (sulfide) groups is 1. The van der Waals surface area contributed by atoms with E-state index in [2.05, 4.69) is 51.7 Å². The molecule has 2 heterocycles. The molecule has 20 heavy (non-hydrogen) atoms. The van der Waals surface area contributed by atoms with Crippen molar-refractivity contribution in [1.29, 1.82) is 0 Å². The highest BCUT2D eigenvalue weighted by molar-refractivity contribution is 8.03. The van der Waals surface area contributed by atoms with Crippen LogP contribution < -0.4 is 10.9 Å². The number of aliphatic imine (C=N–C) groups is 1. The molecule has 3 rings (SSSR count). The lowest BCUT2D eigenvalue weighted by Crippen LogP contribution is -2.24. The van der Waals surface area contributed by atoms with Crippen molar-refractivity contribution in [3.8, 4) is 0 Å². The standard InChI is InChI=1S/C15H14N4S/c1-11-4-9-18-19-15(6-8-16-11)20-13-2-3-14-12(10-13)5-7-17-14/h2-10,17-19H,1H2/b9-4-,15-6+,16-8?. The van der Waals surface area contributed by atoms with Crippen molar-refractivity contribution in [2.24, 2.45) is 4.99 Å². The summed E-state index contributed by atoms with van der Waals surface area (Å²) in [7, 11) is 0. The molecule has 0 fully saturated rings. The zero-order valence-electron chi connectivity index (χ0n) is 10.8. The maximum absolute atomic E-state index is 4.20. The lowest BCUT2D eigenvalue weighted by atomic mass is 10.2. The Hall–Kier alpha value is -2.40. The second-order valence-corrected chi connectivity index (χ2v) is 5.35. The van der Waals surface area contributed by atoms with E-state index in [4.69, 9.17) is 0 Å². The third kappa shape index (κ3) is 2.95. The zero-order valence-corrected chi connectivity index (χ0v) is 11.6. The summed E-state index contributed by atoms with van der Waals surface area (Å²) < 4.78 is 0. The average Bonchev–Trinajstić information content (AvgIpc) is 2.92. The first-order chi connectivity index (χ1) is 9.81. The number of fused-ring (bicyclic) bond motifs is 1. The highest BCUT2D eigenvalue weighted by Crippen LogP contribution is 2.27. The molecule has 100 valence electrons. The SMILES string of the molecule is C=C1/C=C\NN/C(Sc2ccc3[nH]ccc3c2)=C\C=N1. The Morgan fingerprint density at radius 1 is 1.20 bits per heavy atom. The summed E-state index contributed by atoms with van der Waals surface area (Å²) in [5.74, 6) is 0. The van der Waals surface area contributed by atoms with Gasteiger partial charge in [0, 0.05) is 34.4 Å². The molecule has 0 radical (unpaired) electrons. The molecule has 2 aromatic rings. The van der Waals surface area contributed by atoms with Crippen molar-refractivity contribution < 1.29 is 0 Å². The fraction of sp³-hybridized carbons (Fsp3) is 0. The minimum atomic E-state index is 0.704. The molecule has 0 saturated heterocycles. The predicted octanol–water partition coefficient (Wildman–Crippen LogP) is 3.31. The second-order valence-electron chi connectivity index (χ2n) is 4.23. The van der Waals surface area contributed by atoms with Gasteiger partial charge in [0.2, 0.25) is 0 Å². The van der Waals surface area contributed by atoms with E-state index in [-0.39, 0.29) is 0 Å². The molecule has 1 aliphatic heterocycles. The Morgan fingerprint density at radius 2 is 2.15 bits per heavy atom. The molecule has 0 atom stereocenters. The molecule has 3 N–H and O–H groups in total. The normalized spacial score (nSPS) is 19.2. The minimum Gasteiger partial charge on any atom is -0.361 e. The number of nitrogens with one attached hydrogen (secondary N) is 3. The quantitative estimate of drug-likeness (QED) is 0.792. The molecular weight excluding hydrogens is 268 g/mol. The monoisotopic (exact) mass is 282 g/mol. The number of hydrogen-bond acceptors (Lipinski definition) is 4. The van der Waals surface area contributed by atoms with E-state index < -0.39 is 0 Å². The molecular formula is C15H14N4S. The smallest absolute Gasteiger partial charge is 0.0932 e. The summed E-state index contributed by atoms with van der Waals surface area (Å²) in [6.45, 7) is 3.80. The highest BCUT2D eigenvalue weighted by Gasteiger charge is 2.02. The molecule has 0 amide bonds. The molecule has 4 nitrogen and oxygen atoms in total. The zero-order chi connectivity index (χ0) is 13.8. The van der Waals surface area contributed by atoms with Gasteiger partial charge >= 0.3 is 0 Å². The number of aromatic nitrogens is 1. The van der Waals surface area contributed by atoms with Gasteiger partial charge in [-0.15, -0.1) is 0 Å². The molecule has 0 bridgehead atoms. The van der Waals surface area contributed by atoms with Crippen LogP contribution in [0.25, 0.3) is 10.9 Å². The van der Waals surface area contributed by atoms with Crippen LogP contribution in [-0.2, 0) is 0 Å². The number of hydrogen-bond donors (Lipinski definition) is 3. The van der Waals surface area contributed by atoms with Crippen LogP contribution in [0.5, 0.6) is 0 Å². The van der Waals surface area contributed by atoms with Gasteiger partial charge in [-0.2, -0.15) is 0 Å². The highest BCUT2D eigenvalue weighted by atomic mass is 32.2. The summed E-state index contributed by atoms with van der Waals surface area (Å²) in [5.41, 5.74) is 7.96.